The van der Waals surface area contributed by atoms with E-state index in [1.165, 1.54) is 0 Å². The molecule has 0 saturated carbocycles. The highest BCUT2D eigenvalue weighted by Gasteiger charge is 2.30. The maximum atomic E-state index is 12.8. The highest BCUT2D eigenvalue weighted by molar-refractivity contribution is 5.98. The molecule has 2 unspecified atom stereocenters. The van der Waals surface area contributed by atoms with Gasteiger partial charge in [0, 0.05) is 17.2 Å². The molecule has 2 atom stereocenters. The summed E-state index contributed by atoms with van der Waals surface area (Å²) in [4.78, 5) is 17.4. The minimum Gasteiger partial charge on any atom is -0.324 e. The number of H-pyrrole nitrogens is 1. The van der Waals surface area contributed by atoms with Crippen molar-refractivity contribution < 1.29 is 4.79 Å². The molecule has 7 heteroatoms. The van der Waals surface area contributed by atoms with E-state index in [1.807, 2.05) is 54.6 Å². The van der Waals surface area contributed by atoms with E-state index in [9.17, 15) is 4.79 Å². The number of nitrogens with zero attached hydrogens (tertiary/aromatic N) is 2. The van der Waals surface area contributed by atoms with Crippen LogP contribution in [-0.2, 0) is 4.79 Å². The minimum atomic E-state index is -0.263. The zero-order valence-electron chi connectivity index (χ0n) is 16.6. The van der Waals surface area contributed by atoms with Crippen LogP contribution < -0.4 is 16.2 Å². The van der Waals surface area contributed by atoms with E-state index in [1.54, 1.807) is 0 Å². The van der Waals surface area contributed by atoms with Gasteiger partial charge in [0.25, 0.3) is 0 Å². The Kier molecular flexibility index (Phi) is 5.69. The zero-order valence-corrected chi connectivity index (χ0v) is 16.6. The quantitative estimate of drug-likeness (QED) is 0.518. The Morgan fingerprint density at radius 2 is 1.86 bits per heavy atom. The van der Waals surface area contributed by atoms with Gasteiger partial charge in [0.1, 0.15) is 6.04 Å². The lowest BCUT2D eigenvalue weighted by Crippen LogP contribution is -2.40. The molecule has 2 aromatic carbocycles. The molecule has 4 N–H and O–H groups in total. The number of para-hydroxylation sites is 1. The highest BCUT2D eigenvalue weighted by atomic mass is 16.2. The van der Waals surface area contributed by atoms with Crippen LogP contribution in [0.4, 0.5) is 5.69 Å². The molecule has 1 aromatic heterocycles. The first-order chi connectivity index (χ1) is 14.1. The predicted octanol–water partition coefficient (Wildman–Crippen LogP) is 3.36. The van der Waals surface area contributed by atoms with Crippen LogP contribution in [0.1, 0.15) is 26.7 Å². The smallest absolute Gasteiger partial charge is 0.242 e. The van der Waals surface area contributed by atoms with Crippen molar-refractivity contribution in [1.82, 2.24) is 26.0 Å². The van der Waals surface area contributed by atoms with E-state index in [0.29, 0.717) is 29.3 Å². The van der Waals surface area contributed by atoms with Crippen molar-refractivity contribution >= 4 is 11.6 Å². The van der Waals surface area contributed by atoms with Crippen LogP contribution in [0.2, 0.25) is 0 Å². The number of aromatic amines is 1. The lowest BCUT2D eigenvalue weighted by molar-refractivity contribution is -0.117. The number of anilines is 1. The topological polar surface area (TPSA) is 94.7 Å². The molecule has 1 saturated heterocycles. The van der Waals surface area contributed by atoms with E-state index in [0.717, 1.165) is 24.0 Å². The fraction of sp³-hybridized carbons (Fsp3) is 0.318. The molecule has 2 heterocycles. The molecule has 4 rings (SSSR count). The second-order valence-corrected chi connectivity index (χ2v) is 7.81. The number of carbonyl (C=O) groups excluding carboxylic acids is 1. The molecular weight excluding hydrogens is 364 g/mol. The highest BCUT2D eigenvalue weighted by Crippen LogP contribution is 2.27. The van der Waals surface area contributed by atoms with Gasteiger partial charge in [0.15, 0.2) is 11.6 Å². The molecular formula is C22H26N6O. The third-order valence-corrected chi connectivity index (χ3v) is 5.01. The van der Waals surface area contributed by atoms with E-state index in [-0.39, 0.29) is 11.9 Å². The van der Waals surface area contributed by atoms with Gasteiger partial charge in [-0.2, -0.15) is 5.10 Å². The number of hydrogen-bond donors (Lipinski definition) is 4. The van der Waals surface area contributed by atoms with Crippen LogP contribution in [0, 0.1) is 5.92 Å². The number of hydrazine groups is 1. The number of amides is 1. The van der Waals surface area contributed by atoms with Crippen LogP contribution in [0.25, 0.3) is 22.8 Å². The minimum absolute atomic E-state index is 0.0565. The van der Waals surface area contributed by atoms with Crippen LogP contribution in [-0.4, -0.2) is 33.2 Å². The van der Waals surface area contributed by atoms with Gasteiger partial charge in [-0.05, 0) is 30.9 Å². The van der Waals surface area contributed by atoms with Crippen LogP contribution in [0.5, 0.6) is 0 Å². The van der Waals surface area contributed by atoms with Gasteiger partial charge in [-0.3, -0.25) is 15.3 Å². The Hall–Kier alpha value is -3.03. The van der Waals surface area contributed by atoms with Crippen molar-refractivity contribution in [3.63, 3.8) is 0 Å². The summed E-state index contributed by atoms with van der Waals surface area (Å²) in [6.45, 7) is 4.37. The predicted molar refractivity (Wildman–Crippen MR) is 114 cm³/mol. The van der Waals surface area contributed by atoms with E-state index < -0.39 is 0 Å². The monoisotopic (exact) mass is 390 g/mol. The van der Waals surface area contributed by atoms with Crippen molar-refractivity contribution in [2.75, 3.05) is 5.32 Å². The lowest BCUT2D eigenvalue weighted by Gasteiger charge is -2.13. The summed E-state index contributed by atoms with van der Waals surface area (Å²) in [7, 11) is 0. The van der Waals surface area contributed by atoms with Crippen molar-refractivity contribution in [2.45, 2.75) is 38.8 Å². The Labute approximate surface area is 170 Å². The molecule has 3 aromatic rings. The third kappa shape index (κ3) is 4.52. The van der Waals surface area contributed by atoms with Crippen LogP contribution in [0.3, 0.4) is 0 Å². The van der Waals surface area contributed by atoms with Gasteiger partial charge >= 0.3 is 0 Å². The average Bonchev–Trinajstić information content (AvgIpc) is 3.39. The van der Waals surface area contributed by atoms with Crippen LogP contribution >= 0.6 is 0 Å². The number of carbonyl (C=O) groups is 1. The van der Waals surface area contributed by atoms with Gasteiger partial charge in [0.05, 0.1) is 5.69 Å². The fourth-order valence-corrected chi connectivity index (χ4v) is 3.63. The molecule has 0 radical (unpaired) electrons. The van der Waals surface area contributed by atoms with E-state index in [4.69, 9.17) is 0 Å². The first-order valence-electron chi connectivity index (χ1n) is 9.99. The largest absolute Gasteiger partial charge is 0.324 e. The van der Waals surface area contributed by atoms with E-state index in [2.05, 4.69) is 45.2 Å². The summed E-state index contributed by atoms with van der Waals surface area (Å²) >= 11 is 0. The van der Waals surface area contributed by atoms with Crippen molar-refractivity contribution in [1.29, 1.82) is 0 Å². The molecule has 29 heavy (non-hydrogen) atoms. The molecule has 150 valence electrons. The standard InChI is InChI=1S/C22H26N6O/c1-14(2)12-16-13-19(26-25-16)22(29)23-18-11-7-6-10-17(18)21-24-20(27-28-21)15-8-4-3-5-9-15/h3-11,14,16,19,25-26H,12-13H2,1-2H3,(H,23,29)(H,24,27,28). The number of hydrogen-bond acceptors (Lipinski definition) is 5. The van der Waals surface area contributed by atoms with Gasteiger partial charge in [0.2, 0.25) is 5.91 Å². The van der Waals surface area contributed by atoms with Crippen molar-refractivity contribution in [3.05, 3.63) is 54.6 Å². The summed E-state index contributed by atoms with van der Waals surface area (Å²) in [5.74, 6) is 1.77. The normalized spacial score (nSPS) is 18.9. The summed E-state index contributed by atoms with van der Waals surface area (Å²) in [5.41, 5.74) is 8.81. The third-order valence-electron chi connectivity index (χ3n) is 5.01. The molecule has 0 spiro atoms. The Balaban J connectivity index is 1.49. The molecule has 1 aliphatic rings. The number of aromatic nitrogens is 3. The van der Waals surface area contributed by atoms with Gasteiger partial charge < -0.3 is 5.32 Å². The van der Waals surface area contributed by atoms with Crippen LogP contribution in [0.15, 0.2) is 54.6 Å². The molecule has 1 fully saturated rings. The lowest BCUT2D eigenvalue weighted by atomic mass is 10.00. The maximum absolute atomic E-state index is 12.8. The van der Waals surface area contributed by atoms with E-state index >= 15 is 0 Å². The van der Waals surface area contributed by atoms with Gasteiger partial charge in [-0.1, -0.05) is 56.3 Å². The SMILES string of the molecule is CC(C)CC1CC(C(=O)Nc2ccccc2-c2nc(-c3ccccc3)n[nH]2)NN1. The summed E-state index contributed by atoms with van der Waals surface area (Å²) in [5, 5.41) is 10.4. The summed E-state index contributed by atoms with van der Waals surface area (Å²) in [6, 6.07) is 17.5. The molecule has 1 amide bonds. The molecule has 1 aliphatic heterocycles. The first-order valence-corrected chi connectivity index (χ1v) is 9.99. The zero-order chi connectivity index (χ0) is 20.2. The average molecular weight is 390 g/mol. The summed E-state index contributed by atoms with van der Waals surface area (Å²) in [6.07, 6.45) is 1.81. The number of rotatable bonds is 6. The van der Waals surface area contributed by atoms with Gasteiger partial charge in [-0.15, -0.1) is 0 Å². The first kappa shape index (κ1) is 19.3. The molecule has 7 nitrogen and oxygen atoms in total. The van der Waals surface area contributed by atoms with Crippen molar-refractivity contribution in [3.8, 4) is 22.8 Å². The Morgan fingerprint density at radius 1 is 1.10 bits per heavy atom. The van der Waals surface area contributed by atoms with Crippen molar-refractivity contribution in [2.24, 2.45) is 5.92 Å². The Morgan fingerprint density at radius 3 is 2.66 bits per heavy atom. The summed E-state index contributed by atoms with van der Waals surface area (Å²) < 4.78 is 0. The second kappa shape index (κ2) is 8.55. The van der Waals surface area contributed by atoms with Gasteiger partial charge in [-0.25, -0.2) is 10.4 Å². The number of benzene rings is 2. The fourth-order valence-electron chi connectivity index (χ4n) is 3.63. The Bertz CT molecular complexity index is 968. The molecule has 0 bridgehead atoms. The number of nitrogens with one attached hydrogen (secondary N) is 4. The second-order valence-electron chi connectivity index (χ2n) is 7.81. The molecule has 0 aliphatic carbocycles. The maximum Gasteiger partial charge on any atom is 0.242 e.